The van der Waals surface area contributed by atoms with Crippen molar-refractivity contribution in [2.24, 2.45) is 11.7 Å². The Labute approximate surface area is 220 Å². The molecule has 5 N–H and O–H groups in total. The average molecular weight is 511 g/mol. The van der Waals surface area contributed by atoms with E-state index < -0.39 is 13.1 Å². The fourth-order valence-electron chi connectivity index (χ4n) is 5.47. The molecule has 0 saturated carbocycles. The minimum absolute atomic E-state index is 0.0906. The molecule has 0 aliphatic carbocycles. The number of nitrogens with two attached hydrogens (primary N) is 1. The Morgan fingerprint density at radius 3 is 2.30 bits per heavy atom. The van der Waals surface area contributed by atoms with Gasteiger partial charge in [0, 0.05) is 43.7 Å². The maximum absolute atomic E-state index is 11.4. The first kappa shape index (κ1) is 28.8. The lowest BCUT2D eigenvalue weighted by molar-refractivity contribution is -0.937. The zero-order valence-corrected chi connectivity index (χ0v) is 21.9. The van der Waals surface area contributed by atoms with E-state index in [9.17, 15) is 9.59 Å². The molecule has 5 rings (SSSR count). The van der Waals surface area contributed by atoms with Crippen LogP contribution in [0.5, 0.6) is 0 Å². The van der Waals surface area contributed by atoms with Crippen LogP contribution in [0.2, 0.25) is 0 Å². The molecular weight excluding hydrogens is 469 g/mol. The summed E-state index contributed by atoms with van der Waals surface area (Å²) in [6.07, 6.45) is 14.3. The smallest absolute Gasteiger partial charge is 0.426 e. The highest BCUT2D eigenvalue weighted by molar-refractivity contribution is 6.43. The molecule has 2 amide bonds. The molecule has 2 aromatic rings. The van der Waals surface area contributed by atoms with Crippen LogP contribution in [-0.2, 0) is 22.4 Å². The van der Waals surface area contributed by atoms with Gasteiger partial charge in [0.1, 0.15) is 5.92 Å². The number of carbonyl (C=O) groups excluding carboxylic acids is 2. The number of amides is 2. The van der Waals surface area contributed by atoms with Crippen LogP contribution >= 0.6 is 0 Å². The Balaban J connectivity index is 0.000000167. The number of rotatable bonds is 8. The quantitative estimate of drug-likeness (QED) is 0.176. The van der Waals surface area contributed by atoms with Crippen LogP contribution in [-0.4, -0.2) is 60.0 Å². The molecule has 2 aromatic heterocycles. The van der Waals surface area contributed by atoms with E-state index in [1.54, 1.807) is 0 Å². The molecule has 1 unspecified atom stereocenters. The summed E-state index contributed by atoms with van der Waals surface area (Å²) >= 11 is 0. The Hall–Kier alpha value is -2.82. The molecule has 1 saturated heterocycles. The van der Waals surface area contributed by atoms with Crippen molar-refractivity contribution in [3.8, 4) is 0 Å². The maximum Gasteiger partial charge on any atom is 0.475 e. The van der Waals surface area contributed by atoms with Gasteiger partial charge in [-0.15, -0.1) is 9.13 Å². The van der Waals surface area contributed by atoms with Gasteiger partial charge in [0.25, 0.3) is 0 Å². The first-order valence-corrected chi connectivity index (χ1v) is 13.5. The van der Waals surface area contributed by atoms with Crippen molar-refractivity contribution in [1.82, 2.24) is 10.2 Å². The molecule has 3 aliphatic heterocycles. The SMILES string of the molecule is CCCCCCN.O=CNCC(=O)N1CCCC1B(O)O.c1cc[n+]2c(c1)CC1Cc3cccc[n+]3C12. The zero-order valence-electron chi connectivity index (χ0n) is 21.9. The van der Waals surface area contributed by atoms with Gasteiger partial charge in [0.15, 0.2) is 23.8 Å². The van der Waals surface area contributed by atoms with Crippen molar-refractivity contribution < 1.29 is 28.8 Å². The summed E-state index contributed by atoms with van der Waals surface area (Å²) in [5.41, 5.74) is 8.21. The molecule has 0 radical (unpaired) electrons. The van der Waals surface area contributed by atoms with E-state index in [2.05, 4.69) is 70.2 Å². The molecule has 200 valence electrons. The number of fused-ring (bicyclic) bond motifs is 5. The van der Waals surface area contributed by atoms with Gasteiger partial charge in [-0.1, -0.05) is 38.3 Å². The molecule has 10 heteroatoms. The summed E-state index contributed by atoms with van der Waals surface area (Å²) in [6.45, 7) is 3.49. The van der Waals surface area contributed by atoms with Gasteiger partial charge in [-0.2, -0.15) is 0 Å². The number of hydrogen-bond acceptors (Lipinski definition) is 5. The van der Waals surface area contributed by atoms with Crippen molar-refractivity contribution in [1.29, 1.82) is 0 Å². The normalized spacial score (nSPS) is 20.4. The molecule has 37 heavy (non-hydrogen) atoms. The molecule has 0 spiro atoms. The van der Waals surface area contributed by atoms with Crippen molar-refractivity contribution >= 4 is 19.4 Å². The van der Waals surface area contributed by atoms with E-state index in [1.807, 2.05) is 0 Å². The van der Waals surface area contributed by atoms with E-state index in [1.165, 1.54) is 54.8 Å². The van der Waals surface area contributed by atoms with E-state index in [4.69, 9.17) is 15.8 Å². The number of pyridine rings is 2. The van der Waals surface area contributed by atoms with E-state index in [0.29, 0.717) is 25.5 Å². The number of likely N-dealkylation sites (tertiary alicyclic amines) is 1. The zero-order chi connectivity index (χ0) is 26.6. The van der Waals surface area contributed by atoms with Gasteiger partial charge in [-0.3, -0.25) is 9.59 Å². The Morgan fingerprint density at radius 2 is 1.76 bits per heavy atom. The average Bonchev–Trinajstić information content (AvgIpc) is 3.62. The maximum atomic E-state index is 11.4. The van der Waals surface area contributed by atoms with Crippen molar-refractivity contribution in [3.63, 3.8) is 0 Å². The van der Waals surface area contributed by atoms with Gasteiger partial charge >= 0.3 is 13.3 Å². The second kappa shape index (κ2) is 14.8. The molecule has 0 bridgehead atoms. The monoisotopic (exact) mass is 511 g/mol. The highest BCUT2D eigenvalue weighted by Crippen LogP contribution is 2.29. The van der Waals surface area contributed by atoms with Crippen LogP contribution in [0.15, 0.2) is 48.8 Å². The standard InChI is InChI=1S/C14H14N2.C7H13BN2O4.C6H15N/c1-3-7-15-12(5-1)9-11-10-13-6-2-4-8-16(13)14(11)15;11-5-9-4-7(12)10-3-1-2-6(10)8(13)14;1-2-3-4-5-6-7/h1-8,11,14H,9-10H2;5-6,13-14H,1-4H2,(H,9,11);2-7H2,1H3/q+2;;. The predicted octanol–water partition coefficient (Wildman–Crippen LogP) is 0.298. The lowest BCUT2D eigenvalue weighted by Gasteiger charge is -2.23. The van der Waals surface area contributed by atoms with E-state index in [-0.39, 0.29) is 12.5 Å². The molecular formula is C27H42BN5O4+2. The summed E-state index contributed by atoms with van der Waals surface area (Å²) in [7, 11) is -1.50. The third-order valence-electron chi connectivity index (χ3n) is 7.25. The molecule has 9 nitrogen and oxygen atoms in total. The van der Waals surface area contributed by atoms with E-state index in [0.717, 1.165) is 18.9 Å². The molecule has 5 heterocycles. The second-order valence-corrected chi connectivity index (χ2v) is 9.84. The summed E-state index contributed by atoms with van der Waals surface area (Å²) in [4.78, 5) is 22.8. The Kier molecular flexibility index (Phi) is 11.5. The van der Waals surface area contributed by atoms with Gasteiger partial charge in [-0.05, 0) is 25.8 Å². The summed E-state index contributed by atoms with van der Waals surface area (Å²) in [5.74, 6) is -0.0616. The van der Waals surface area contributed by atoms with Gasteiger partial charge < -0.3 is 26.0 Å². The largest absolute Gasteiger partial charge is 0.475 e. The number of hydrogen-bond donors (Lipinski definition) is 4. The van der Waals surface area contributed by atoms with Crippen LogP contribution in [0.4, 0.5) is 0 Å². The Bertz CT molecular complexity index is 955. The van der Waals surface area contributed by atoms with Crippen LogP contribution in [0.3, 0.4) is 0 Å². The first-order chi connectivity index (χ1) is 18.0. The number of nitrogens with one attached hydrogen (secondary N) is 1. The van der Waals surface area contributed by atoms with Crippen LogP contribution in [0.1, 0.15) is 63.0 Å². The molecule has 0 aromatic carbocycles. The lowest BCUT2D eigenvalue weighted by atomic mass is 9.78. The predicted molar refractivity (Wildman–Crippen MR) is 141 cm³/mol. The van der Waals surface area contributed by atoms with Crippen LogP contribution < -0.4 is 20.2 Å². The third kappa shape index (κ3) is 7.60. The molecule has 1 fully saturated rings. The minimum atomic E-state index is -1.50. The van der Waals surface area contributed by atoms with Gasteiger partial charge in [-0.25, -0.2) is 0 Å². The number of aromatic nitrogens is 2. The molecule has 1 atom stereocenters. The van der Waals surface area contributed by atoms with Gasteiger partial charge in [0.2, 0.25) is 12.3 Å². The highest BCUT2D eigenvalue weighted by atomic mass is 16.4. The summed E-state index contributed by atoms with van der Waals surface area (Å²) < 4.78 is 4.86. The molecule has 3 aliphatic rings. The fourth-order valence-corrected chi connectivity index (χ4v) is 5.47. The van der Waals surface area contributed by atoms with Crippen molar-refractivity contribution in [2.45, 2.75) is 70.4 Å². The fraction of sp³-hybridized carbons (Fsp3) is 0.556. The van der Waals surface area contributed by atoms with E-state index >= 15 is 0 Å². The number of nitrogens with zero attached hydrogens (tertiary/aromatic N) is 3. The van der Waals surface area contributed by atoms with Crippen LogP contribution in [0, 0.1) is 5.92 Å². The third-order valence-corrected chi connectivity index (χ3v) is 7.25. The van der Waals surface area contributed by atoms with Crippen molar-refractivity contribution in [2.75, 3.05) is 19.6 Å². The Morgan fingerprint density at radius 1 is 1.11 bits per heavy atom. The minimum Gasteiger partial charge on any atom is -0.426 e. The topological polar surface area (TPSA) is 124 Å². The highest BCUT2D eigenvalue weighted by Gasteiger charge is 2.52. The van der Waals surface area contributed by atoms with Crippen LogP contribution in [0.25, 0.3) is 0 Å². The number of unbranched alkanes of at least 4 members (excludes halogenated alkanes) is 3. The lowest BCUT2D eigenvalue weighted by Crippen LogP contribution is -2.55. The second-order valence-electron chi connectivity index (χ2n) is 9.84. The van der Waals surface area contributed by atoms with Gasteiger partial charge in [0.05, 0.1) is 12.5 Å². The first-order valence-electron chi connectivity index (χ1n) is 13.5. The summed E-state index contributed by atoms with van der Waals surface area (Å²) in [5, 5.41) is 20.2. The van der Waals surface area contributed by atoms with Crippen molar-refractivity contribution in [3.05, 3.63) is 60.2 Å². The number of carbonyl (C=O) groups is 2. The summed E-state index contributed by atoms with van der Waals surface area (Å²) in [6, 6.07) is 13.1.